The van der Waals surface area contributed by atoms with Gasteiger partial charge in [0, 0.05) is 5.69 Å². The summed E-state index contributed by atoms with van der Waals surface area (Å²) in [6, 6.07) is 8.78. The van der Waals surface area contributed by atoms with Gasteiger partial charge in [0.2, 0.25) is 11.7 Å². The number of furan rings is 1. The van der Waals surface area contributed by atoms with Crippen LogP contribution >= 0.6 is 22.9 Å². The van der Waals surface area contributed by atoms with E-state index in [1.807, 2.05) is 0 Å². The number of rotatable bonds is 5. The molecule has 0 bridgehead atoms. The fourth-order valence-corrected chi connectivity index (χ4v) is 4.35. The zero-order chi connectivity index (χ0) is 22.4. The number of aromatic nitrogens is 4. The van der Waals surface area contributed by atoms with Gasteiger partial charge in [-0.1, -0.05) is 11.6 Å². The number of benzene rings is 1. The van der Waals surface area contributed by atoms with Gasteiger partial charge in [0.15, 0.2) is 0 Å². The van der Waals surface area contributed by atoms with Gasteiger partial charge in [-0.15, -0.1) is 16.4 Å². The Morgan fingerprint density at radius 2 is 2.09 bits per heavy atom. The van der Waals surface area contributed by atoms with Crippen LogP contribution in [-0.4, -0.2) is 24.7 Å². The molecule has 5 aromatic rings. The van der Waals surface area contributed by atoms with Gasteiger partial charge in [-0.3, -0.25) is 14.2 Å². The molecule has 162 valence electrons. The molecule has 4 aromatic heterocycles. The van der Waals surface area contributed by atoms with Crippen molar-refractivity contribution in [3.8, 4) is 0 Å². The first-order valence-corrected chi connectivity index (χ1v) is 10.5. The Balaban J connectivity index is 1.56. The minimum absolute atomic E-state index is 0.0693. The van der Waals surface area contributed by atoms with Crippen molar-refractivity contribution < 1.29 is 13.6 Å². The lowest BCUT2D eigenvalue weighted by molar-refractivity contribution is -0.117. The second-order valence-electron chi connectivity index (χ2n) is 6.86. The van der Waals surface area contributed by atoms with Crippen molar-refractivity contribution in [2.24, 2.45) is 0 Å². The van der Waals surface area contributed by atoms with E-state index in [0.29, 0.717) is 16.0 Å². The Hall–Kier alpha value is -3.70. The molecule has 9 nitrogen and oxygen atoms in total. The molecular formula is C20H13ClFN5O4S. The van der Waals surface area contributed by atoms with E-state index in [4.69, 9.17) is 16.0 Å². The highest BCUT2D eigenvalue weighted by Gasteiger charge is 2.20. The molecule has 0 aliphatic rings. The number of hydrogen-bond donors (Lipinski definition) is 1. The number of amides is 1. The molecule has 0 unspecified atom stereocenters. The maximum Gasteiger partial charge on any atom is 0.352 e. The van der Waals surface area contributed by atoms with E-state index in [9.17, 15) is 18.8 Å². The number of nitrogens with zero attached hydrogens (tertiary/aromatic N) is 4. The summed E-state index contributed by atoms with van der Waals surface area (Å²) in [4.78, 5) is 38.6. The summed E-state index contributed by atoms with van der Waals surface area (Å²) < 4.78 is 22.6. The Morgan fingerprint density at radius 1 is 1.25 bits per heavy atom. The first-order chi connectivity index (χ1) is 15.4. The molecule has 0 fully saturated rings. The largest absolute Gasteiger partial charge is 0.467 e. The van der Waals surface area contributed by atoms with Crippen molar-refractivity contribution in [3.63, 3.8) is 0 Å². The number of anilines is 1. The van der Waals surface area contributed by atoms with Crippen molar-refractivity contribution >= 4 is 50.5 Å². The van der Waals surface area contributed by atoms with E-state index in [2.05, 4.69) is 10.4 Å². The van der Waals surface area contributed by atoms with Gasteiger partial charge in [-0.2, -0.15) is 0 Å². The predicted molar refractivity (Wildman–Crippen MR) is 117 cm³/mol. The number of nitrogens with one attached hydrogen (secondary N) is 1. The van der Waals surface area contributed by atoms with Crippen LogP contribution in [0.25, 0.3) is 16.0 Å². The molecule has 4 heterocycles. The van der Waals surface area contributed by atoms with Crippen LogP contribution in [0.4, 0.5) is 10.1 Å². The van der Waals surface area contributed by atoms with Gasteiger partial charge in [0.05, 0.1) is 23.3 Å². The summed E-state index contributed by atoms with van der Waals surface area (Å²) in [6.45, 7) is -0.351. The lowest BCUT2D eigenvalue weighted by Crippen LogP contribution is -2.29. The van der Waals surface area contributed by atoms with E-state index in [1.54, 1.807) is 23.6 Å². The highest BCUT2D eigenvalue weighted by molar-refractivity contribution is 7.17. The molecule has 0 aliphatic heterocycles. The molecule has 0 aliphatic carbocycles. The molecule has 0 saturated carbocycles. The zero-order valence-electron chi connectivity index (χ0n) is 16.1. The van der Waals surface area contributed by atoms with Crippen LogP contribution in [0.5, 0.6) is 0 Å². The third-order valence-corrected chi connectivity index (χ3v) is 5.96. The number of halogens is 2. The number of carbonyl (C=O) groups excluding carboxylic acids is 1. The molecule has 32 heavy (non-hydrogen) atoms. The van der Waals surface area contributed by atoms with E-state index in [0.717, 1.165) is 10.7 Å². The van der Waals surface area contributed by atoms with E-state index in [-0.39, 0.29) is 28.6 Å². The summed E-state index contributed by atoms with van der Waals surface area (Å²) in [6.07, 6.45) is 1.48. The summed E-state index contributed by atoms with van der Waals surface area (Å²) >= 11 is 6.94. The molecule has 1 aromatic carbocycles. The Bertz CT molecular complexity index is 1600. The lowest BCUT2D eigenvalue weighted by atomic mass is 10.3. The maximum absolute atomic E-state index is 13.3. The van der Waals surface area contributed by atoms with Crippen LogP contribution in [0.1, 0.15) is 5.76 Å². The highest BCUT2D eigenvalue weighted by atomic mass is 35.5. The van der Waals surface area contributed by atoms with Crippen molar-refractivity contribution in [2.45, 2.75) is 13.1 Å². The summed E-state index contributed by atoms with van der Waals surface area (Å²) in [7, 11) is 0. The third kappa shape index (κ3) is 3.41. The van der Waals surface area contributed by atoms with Crippen LogP contribution in [0.2, 0.25) is 5.02 Å². The van der Waals surface area contributed by atoms with Gasteiger partial charge in [0.1, 0.15) is 22.8 Å². The van der Waals surface area contributed by atoms with Gasteiger partial charge in [-0.05, 0) is 41.8 Å². The quantitative estimate of drug-likeness (QED) is 0.422. The monoisotopic (exact) mass is 473 g/mol. The molecule has 12 heteroatoms. The average molecular weight is 474 g/mol. The predicted octanol–water partition coefficient (Wildman–Crippen LogP) is 2.94. The fourth-order valence-electron chi connectivity index (χ4n) is 3.35. The topological polar surface area (TPSA) is 104 Å². The molecule has 0 spiro atoms. The second-order valence-corrected chi connectivity index (χ2v) is 8.18. The smallest absolute Gasteiger partial charge is 0.352 e. The summed E-state index contributed by atoms with van der Waals surface area (Å²) in [5, 5.41) is 8.35. The number of fused-ring (bicyclic) bond motifs is 3. The van der Waals surface area contributed by atoms with Crippen LogP contribution < -0.4 is 16.6 Å². The fraction of sp³-hybridized carbons (Fsp3) is 0.100. The molecular weight excluding hydrogens is 461 g/mol. The molecule has 0 saturated heterocycles. The number of thiophene rings is 1. The Labute approximate surface area is 186 Å². The summed E-state index contributed by atoms with van der Waals surface area (Å²) in [5.74, 6) is -0.590. The third-order valence-electron chi connectivity index (χ3n) is 4.78. The summed E-state index contributed by atoms with van der Waals surface area (Å²) in [5.41, 5.74) is -0.217. The van der Waals surface area contributed by atoms with Gasteiger partial charge in [-0.25, -0.2) is 18.3 Å². The molecule has 5 rings (SSSR count). The van der Waals surface area contributed by atoms with Crippen molar-refractivity contribution in [2.75, 3.05) is 5.32 Å². The normalized spacial score (nSPS) is 11.4. The van der Waals surface area contributed by atoms with Gasteiger partial charge >= 0.3 is 5.69 Å². The molecule has 0 atom stereocenters. The van der Waals surface area contributed by atoms with E-state index in [1.165, 1.54) is 38.7 Å². The SMILES string of the molecule is O=C(Cn1nc2n(Cc3ccco3)c(=O)c3sccc3n2c1=O)Nc1ccc(F)c(Cl)c1. The van der Waals surface area contributed by atoms with Crippen molar-refractivity contribution in [1.82, 2.24) is 18.7 Å². The Morgan fingerprint density at radius 3 is 2.84 bits per heavy atom. The lowest BCUT2D eigenvalue weighted by Gasteiger charge is -2.06. The van der Waals surface area contributed by atoms with Crippen LogP contribution in [0.15, 0.2) is 62.0 Å². The minimum Gasteiger partial charge on any atom is -0.467 e. The van der Waals surface area contributed by atoms with Crippen LogP contribution in [0, 0.1) is 5.82 Å². The van der Waals surface area contributed by atoms with Crippen molar-refractivity contribution in [3.05, 3.63) is 85.5 Å². The first kappa shape index (κ1) is 20.2. The second kappa shape index (κ2) is 7.77. The molecule has 1 amide bonds. The van der Waals surface area contributed by atoms with Gasteiger partial charge < -0.3 is 9.73 Å². The number of carbonyl (C=O) groups is 1. The molecule has 1 N–H and O–H groups in total. The van der Waals surface area contributed by atoms with Crippen molar-refractivity contribution in [1.29, 1.82) is 0 Å². The van der Waals surface area contributed by atoms with E-state index >= 15 is 0 Å². The Kier molecular flexibility index (Phi) is 4.91. The molecule has 0 radical (unpaired) electrons. The maximum atomic E-state index is 13.3. The zero-order valence-corrected chi connectivity index (χ0v) is 17.7. The van der Waals surface area contributed by atoms with Crippen LogP contribution in [-0.2, 0) is 17.9 Å². The average Bonchev–Trinajstić information content (AvgIpc) is 3.49. The highest BCUT2D eigenvalue weighted by Crippen LogP contribution is 2.20. The van der Waals surface area contributed by atoms with E-state index < -0.39 is 24.0 Å². The van der Waals surface area contributed by atoms with Gasteiger partial charge in [0.25, 0.3) is 5.56 Å². The minimum atomic E-state index is -0.615. The first-order valence-electron chi connectivity index (χ1n) is 9.29. The standard InChI is InChI=1S/C20H13ClFN5O4S/c21-13-8-11(3-4-14(13)22)23-16(28)10-26-20(30)27-15-5-7-32-17(15)18(29)25(19(27)24-26)9-12-2-1-6-31-12/h1-8H,9-10H2,(H,23,28). The van der Waals surface area contributed by atoms with Crippen LogP contribution in [0.3, 0.4) is 0 Å². The number of hydrogen-bond acceptors (Lipinski definition) is 6.